The summed E-state index contributed by atoms with van der Waals surface area (Å²) in [5, 5.41) is 1.55. The Morgan fingerprint density at radius 1 is 1.30 bits per heavy atom. The van der Waals surface area contributed by atoms with E-state index in [1.165, 1.54) is 12.3 Å². The zero-order chi connectivity index (χ0) is 19.8. The first kappa shape index (κ1) is 20.2. The van der Waals surface area contributed by atoms with Gasteiger partial charge in [0.15, 0.2) is 5.88 Å². The van der Waals surface area contributed by atoms with Gasteiger partial charge in [0, 0.05) is 22.9 Å². The largest absolute Gasteiger partial charge is 0.474 e. The second kappa shape index (κ2) is 9.58. The molecular formula is C18H21ClN6O2. The van der Waals surface area contributed by atoms with Crippen molar-refractivity contribution < 1.29 is 9.53 Å². The van der Waals surface area contributed by atoms with Crippen molar-refractivity contribution in [3.63, 3.8) is 0 Å². The van der Waals surface area contributed by atoms with Crippen molar-refractivity contribution >= 4 is 35.2 Å². The molecule has 0 atom stereocenters. The normalized spacial score (nSPS) is 11.5. The smallest absolute Gasteiger partial charge is 0.350 e. The van der Waals surface area contributed by atoms with E-state index in [4.69, 9.17) is 33.8 Å². The van der Waals surface area contributed by atoms with E-state index in [1.54, 1.807) is 36.4 Å². The van der Waals surface area contributed by atoms with Crippen LogP contribution >= 0.6 is 11.6 Å². The van der Waals surface area contributed by atoms with Crippen LogP contribution in [0.4, 0.5) is 16.2 Å². The number of allylic oxidation sites excluding steroid dienone is 1. The first-order valence-electron chi connectivity index (χ1n) is 7.94. The average Bonchev–Trinajstić information content (AvgIpc) is 2.67. The summed E-state index contributed by atoms with van der Waals surface area (Å²) in [7, 11) is 0. The number of nitrogens with one attached hydrogen (secondary N) is 1. The van der Waals surface area contributed by atoms with E-state index >= 15 is 0 Å². The molecule has 0 aliphatic heterocycles. The van der Waals surface area contributed by atoms with Crippen molar-refractivity contribution in [2.24, 2.45) is 22.4 Å². The van der Waals surface area contributed by atoms with E-state index in [2.05, 4.69) is 4.99 Å². The molecule has 7 N–H and O–H groups in total. The van der Waals surface area contributed by atoms with Gasteiger partial charge in [-0.2, -0.15) is 0 Å². The van der Waals surface area contributed by atoms with Gasteiger partial charge < -0.3 is 10.5 Å². The van der Waals surface area contributed by atoms with Crippen molar-refractivity contribution in [3.8, 4) is 0 Å². The summed E-state index contributed by atoms with van der Waals surface area (Å²) in [6.45, 7) is 1.99. The van der Waals surface area contributed by atoms with Crippen LogP contribution < -0.4 is 27.9 Å². The van der Waals surface area contributed by atoms with Gasteiger partial charge in [-0.1, -0.05) is 23.7 Å². The Balaban J connectivity index is 2.07. The van der Waals surface area contributed by atoms with Gasteiger partial charge in [-0.3, -0.25) is 10.4 Å². The third-order valence-electron chi connectivity index (χ3n) is 3.66. The lowest BCUT2D eigenvalue weighted by molar-refractivity contribution is 0.196. The van der Waals surface area contributed by atoms with Crippen molar-refractivity contribution in [1.82, 2.24) is 5.43 Å². The zero-order valence-electron chi connectivity index (χ0n) is 14.7. The van der Waals surface area contributed by atoms with Gasteiger partial charge in [-0.15, -0.1) is 0 Å². The number of anilines is 1. The van der Waals surface area contributed by atoms with Crippen LogP contribution in [-0.4, -0.2) is 12.2 Å². The van der Waals surface area contributed by atoms with Crippen molar-refractivity contribution in [1.29, 1.82) is 0 Å². The van der Waals surface area contributed by atoms with E-state index in [9.17, 15) is 4.79 Å². The molecule has 0 spiro atoms. The summed E-state index contributed by atoms with van der Waals surface area (Å²) in [6.07, 6.45) is 3.05. The summed E-state index contributed by atoms with van der Waals surface area (Å²) in [5.41, 5.74) is 10.6. The van der Waals surface area contributed by atoms with Crippen LogP contribution in [0.2, 0.25) is 5.02 Å². The summed E-state index contributed by atoms with van der Waals surface area (Å²) in [4.78, 5) is 15.9. The van der Waals surface area contributed by atoms with E-state index in [-0.39, 0.29) is 12.5 Å². The van der Waals surface area contributed by atoms with Gasteiger partial charge in [-0.05, 0) is 42.8 Å². The molecule has 0 bridgehead atoms. The Hall–Kier alpha value is -3.07. The maximum Gasteiger partial charge on any atom is 0.350 e. The molecule has 0 unspecified atom stereocenters. The SMILES string of the molecule is Cc1cccc(N(N)C(=O)NN)c1COC(N)=CC=Nc1ccc(Cl)cc1. The maximum absolute atomic E-state index is 11.7. The molecule has 2 aromatic carbocycles. The fourth-order valence-electron chi connectivity index (χ4n) is 2.21. The number of nitrogens with two attached hydrogens (primary N) is 3. The van der Waals surface area contributed by atoms with E-state index in [1.807, 2.05) is 18.4 Å². The fourth-order valence-corrected chi connectivity index (χ4v) is 2.33. The first-order chi connectivity index (χ1) is 12.9. The molecule has 0 fully saturated rings. The lowest BCUT2D eigenvalue weighted by Crippen LogP contribution is -2.48. The van der Waals surface area contributed by atoms with Gasteiger partial charge in [0.1, 0.15) is 6.61 Å². The lowest BCUT2D eigenvalue weighted by atomic mass is 10.1. The highest BCUT2D eigenvalue weighted by Crippen LogP contribution is 2.23. The molecule has 0 saturated carbocycles. The summed E-state index contributed by atoms with van der Waals surface area (Å²) in [6, 6.07) is 11.7. The number of ether oxygens (including phenoxy) is 1. The fraction of sp³-hybridized carbons (Fsp3) is 0.111. The van der Waals surface area contributed by atoms with Crippen LogP contribution in [0.5, 0.6) is 0 Å². The Morgan fingerprint density at radius 2 is 2.00 bits per heavy atom. The Morgan fingerprint density at radius 3 is 2.67 bits per heavy atom. The number of carbonyl (C=O) groups is 1. The van der Waals surface area contributed by atoms with Gasteiger partial charge >= 0.3 is 6.03 Å². The summed E-state index contributed by atoms with van der Waals surface area (Å²) < 4.78 is 5.55. The molecule has 27 heavy (non-hydrogen) atoms. The highest BCUT2D eigenvalue weighted by atomic mass is 35.5. The molecule has 142 valence electrons. The van der Waals surface area contributed by atoms with Crippen molar-refractivity contribution in [2.75, 3.05) is 5.01 Å². The molecule has 2 rings (SSSR count). The van der Waals surface area contributed by atoms with Crippen molar-refractivity contribution in [3.05, 3.63) is 70.6 Å². The van der Waals surface area contributed by atoms with Crippen LogP contribution in [-0.2, 0) is 11.3 Å². The van der Waals surface area contributed by atoms with Gasteiger partial charge in [0.25, 0.3) is 0 Å². The molecule has 0 aliphatic carbocycles. The number of amides is 2. The molecule has 2 amide bonds. The predicted octanol–water partition coefficient (Wildman–Crippen LogP) is 2.63. The maximum atomic E-state index is 11.7. The second-order valence-electron chi connectivity index (χ2n) is 5.50. The lowest BCUT2D eigenvalue weighted by Gasteiger charge is -2.21. The number of hydrogen-bond acceptors (Lipinski definition) is 6. The molecule has 9 heteroatoms. The number of carbonyl (C=O) groups excluding carboxylic acids is 1. The minimum Gasteiger partial charge on any atom is -0.474 e. The van der Waals surface area contributed by atoms with E-state index in [0.29, 0.717) is 16.3 Å². The van der Waals surface area contributed by atoms with E-state index < -0.39 is 6.03 Å². The second-order valence-corrected chi connectivity index (χ2v) is 5.94. The Kier molecular flexibility index (Phi) is 7.18. The number of halogens is 1. The monoisotopic (exact) mass is 388 g/mol. The number of nitrogens with zero attached hydrogens (tertiary/aromatic N) is 2. The first-order valence-corrected chi connectivity index (χ1v) is 8.32. The molecule has 0 aromatic heterocycles. The average molecular weight is 389 g/mol. The van der Waals surface area contributed by atoms with Crippen LogP contribution in [0, 0.1) is 6.92 Å². The van der Waals surface area contributed by atoms with Gasteiger partial charge in [0.2, 0.25) is 0 Å². The summed E-state index contributed by atoms with van der Waals surface area (Å²) in [5.74, 6) is 11.1. The number of hydrazine groups is 2. The van der Waals surface area contributed by atoms with Crippen LogP contribution in [0.3, 0.4) is 0 Å². The number of hydrogen-bond donors (Lipinski definition) is 4. The topological polar surface area (TPSA) is 132 Å². The number of aryl methyl sites for hydroxylation is 1. The minimum absolute atomic E-state index is 0.116. The molecule has 2 aromatic rings. The Bertz CT molecular complexity index is 851. The molecule has 0 heterocycles. The zero-order valence-corrected chi connectivity index (χ0v) is 15.5. The molecule has 8 nitrogen and oxygen atoms in total. The highest BCUT2D eigenvalue weighted by Gasteiger charge is 2.16. The number of urea groups is 1. The van der Waals surface area contributed by atoms with Crippen LogP contribution in [0.1, 0.15) is 11.1 Å². The molecule has 0 aliphatic rings. The van der Waals surface area contributed by atoms with Gasteiger partial charge in [0.05, 0.1) is 11.4 Å². The predicted molar refractivity (Wildman–Crippen MR) is 107 cm³/mol. The summed E-state index contributed by atoms with van der Waals surface area (Å²) >= 11 is 5.82. The quantitative estimate of drug-likeness (QED) is 0.198. The number of rotatable bonds is 6. The Labute approximate surface area is 162 Å². The molecule has 0 saturated heterocycles. The van der Waals surface area contributed by atoms with Gasteiger partial charge in [-0.25, -0.2) is 21.5 Å². The minimum atomic E-state index is -0.652. The highest BCUT2D eigenvalue weighted by molar-refractivity contribution is 6.30. The van der Waals surface area contributed by atoms with E-state index in [0.717, 1.165) is 16.3 Å². The van der Waals surface area contributed by atoms with Crippen LogP contribution in [0.25, 0.3) is 0 Å². The number of aliphatic imine (C=N–C) groups is 1. The third-order valence-corrected chi connectivity index (χ3v) is 3.91. The molecule has 0 radical (unpaired) electrons. The third kappa shape index (κ3) is 5.71. The van der Waals surface area contributed by atoms with Crippen LogP contribution in [0.15, 0.2) is 59.4 Å². The molecular weight excluding hydrogens is 368 g/mol. The standard InChI is InChI=1S/C18H21ClN6O2/c1-12-3-2-4-16(25(22)18(26)24-21)15(12)11-27-17(20)9-10-23-14-7-5-13(19)6-8-14/h2-10H,11,20-22H2,1H3,(H,24,26). The van der Waals surface area contributed by atoms with Crippen molar-refractivity contribution in [2.45, 2.75) is 13.5 Å². The number of benzene rings is 2.